The number of rotatable bonds is 8. The maximum atomic E-state index is 5.44. The molecule has 15 aromatic rings. The molecule has 0 aliphatic rings. The van der Waals surface area contributed by atoms with Crippen LogP contribution in [0.2, 0.25) is 0 Å². The molecule has 356 valence electrons. The molecule has 4 aromatic heterocycles. The van der Waals surface area contributed by atoms with Crippen molar-refractivity contribution in [2.24, 2.45) is 0 Å². The maximum absolute atomic E-state index is 5.44. The van der Waals surface area contributed by atoms with Gasteiger partial charge in [-0.05, 0) is 73.7 Å². The molecule has 6 nitrogen and oxygen atoms in total. The number of hydrogen-bond donors (Lipinski definition) is 0. The van der Waals surface area contributed by atoms with Gasteiger partial charge in [-0.25, -0.2) is 15.0 Å². The SMILES string of the molecule is Cc1ccc2c(c1)c1ccccc1n2-c1c(-c2ccccc2-n2c3ccccc3c3ccccc32)cc(-c2nc(-c3ccccc3)nc(-c3ccccc3)n2)cc1-c1ccccc1-n1c2ccccc2c2ccccc21. The predicted molar refractivity (Wildman–Crippen MR) is 315 cm³/mol. The molecule has 0 amide bonds. The summed E-state index contributed by atoms with van der Waals surface area (Å²) in [7, 11) is 0. The van der Waals surface area contributed by atoms with Crippen LogP contribution in [0.3, 0.4) is 0 Å². The van der Waals surface area contributed by atoms with Gasteiger partial charge in [0, 0.05) is 71.3 Å². The topological polar surface area (TPSA) is 53.5 Å². The third-order valence-electron chi connectivity index (χ3n) is 15.1. The molecule has 4 heterocycles. The van der Waals surface area contributed by atoms with Crippen molar-refractivity contribution in [2.45, 2.75) is 6.92 Å². The summed E-state index contributed by atoms with van der Waals surface area (Å²) in [5.74, 6) is 1.78. The molecule has 0 saturated carbocycles. The Balaban J connectivity index is 1.14. The van der Waals surface area contributed by atoms with E-state index in [1.165, 1.54) is 37.9 Å². The number of hydrogen-bond acceptors (Lipinski definition) is 3. The third-order valence-corrected chi connectivity index (χ3v) is 15.1. The Bertz CT molecular complexity index is 4430. The van der Waals surface area contributed by atoms with Crippen molar-refractivity contribution in [1.82, 2.24) is 28.7 Å². The molecule has 0 unspecified atom stereocenters. The fraction of sp³-hybridized carbons (Fsp3) is 0.0143. The van der Waals surface area contributed by atoms with Crippen molar-refractivity contribution in [1.29, 1.82) is 0 Å². The van der Waals surface area contributed by atoms with E-state index in [9.17, 15) is 0 Å². The minimum absolute atomic E-state index is 0.572. The lowest BCUT2D eigenvalue weighted by atomic mass is 9.90. The summed E-state index contributed by atoms with van der Waals surface area (Å²) in [6.07, 6.45) is 0. The summed E-state index contributed by atoms with van der Waals surface area (Å²) >= 11 is 0. The van der Waals surface area contributed by atoms with Crippen LogP contribution >= 0.6 is 0 Å². The van der Waals surface area contributed by atoms with Crippen LogP contribution in [-0.2, 0) is 0 Å². The lowest BCUT2D eigenvalue weighted by molar-refractivity contribution is 1.07. The van der Waals surface area contributed by atoms with Gasteiger partial charge in [-0.15, -0.1) is 0 Å². The minimum Gasteiger partial charge on any atom is -0.309 e. The first-order valence-corrected chi connectivity index (χ1v) is 25.9. The molecule has 11 aromatic carbocycles. The van der Waals surface area contributed by atoms with Gasteiger partial charge in [0.2, 0.25) is 0 Å². The molecule has 0 aliphatic carbocycles. The molecule has 0 spiro atoms. The first-order chi connectivity index (χ1) is 37.6. The van der Waals surface area contributed by atoms with Gasteiger partial charge in [-0.1, -0.05) is 200 Å². The highest BCUT2D eigenvalue weighted by molar-refractivity contribution is 6.14. The van der Waals surface area contributed by atoms with Gasteiger partial charge in [0.05, 0.1) is 50.2 Å². The zero-order valence-electron chi connectivity index (χ0n) is 41.5. The van der Waals surface area contributed by atoms with E-state index in [1.54, 1.807) is 0 Å². The van der Waals surface area contributed by atoms with Crippen molar-refractivity contribution < 1.29 is 0 Å². The van der Waals surface area contributed by atoms with Crippen molar-refractivity contribution in [3.05, 3.63) is 266 Å². The third kappa shape index (κ3) is 6.85. The average molecular weight is 971 g/mol. The van der Waals surface area contributed by atoms with Crippen LogP contribution in [0.25, 0.3) is 139 Å². The van der Waals surface area contributed by atoms with Crippen molar-refractivity contribution >= 4 is 65.4 Å². The Kier molecular flexibility index (Phi) is 10.0. The summed E-state index contributed by atoms with van der Waals surface area (Å²) < 4.78 is 7.41. The minimum atomic E-state index is 0.572. The van der Waals surface area contributed by atoms with Gasteiger partial charge in [-0.2, -0.15) is 0 Å². The molecule has 0 fully saturated rings. The Morgan fingerprint density at radius 2 is 0.579 bits per heavy atom. The molecular formula is C70H46N6. The fourth-order valence-electron chi connectivity index (χ4n) is 11.8. The second kappa shape index (κ2) is 17.5. The van der Waals surface area contributed by atoms with Crippen LogP contribution in [0.5, 0.6) is 0 Å². The molecule has 15 rings (SSSR count). The second-order valence-electron chi connectivity index (χ2n) is 19.6. The van der Waals surface area contributed by atoms with Gasteiger partial charge in [0.15, 0.2) is 17.5 Å². The molecule has 0 atom stereocenters. The molecule has 0 aliphatic heterocycles. The normalized spacial score (nSPS) is 11.8. The second-order valence-corrected chi connectivity index (χ2v) is 19.6. The van der Waals surface area contributed by atoms with Gasteiger partial charge < -0.3 is 13.7 Å². The fourth-order valence-corrected chi connectivity index (χ4v) is 11.8. The van der Waals surface area contributed by atoms with Crippen molar-refractivity contribution in [3.63, 3.8) is 0 Å². The van der Waals surface area contributed by atoms with E-state index in [4.69, 9.17) is 15.0 Å². The molecule has 6 heteroatoms. The Labute approximate surface area is 438 Å². The lowest BCUT2D eigenvalue weighted by Gasteiger charge is -2.24. The van der Waals surface area contributed by atoms with E-state index >= 15 is 0 Å². The summed E-state index contributed by atoms with van der Waals surface area (Å²) in [5, 5.41) is 7.19. The van der Waals surface area contributed by atoms with Crippen LogP contribution in [0.15, 0.2) is 261 Å². The van der Waals surface area contributed by atoms with E-state index in [1.807, 2.05) is 36.4 Å². The number of aromatic nitrogens is 6. The number of aryl methyl sites for hydroxylation is 1. The summed E-state index contributed by atoms with van der Waals surface area (Å²) in [6.45, 7) is 2.18. The van der Waals surface area contributed by atoms with Crippen LogP contribution < -0.4 is 0 Å². The lowest BCUT2D eigenvalue weighted by Crippen LogP contribution is -2.07. The van der Waals surface area contributed by atoms with E-state index in [-0.39, 0.29) is 0 Å². The summed E-state index contributed by atoms with van der Waals surface area (Å²) in [6, 6.07) is 93.8. The number of nitrogens with zero attached hydrogens (tertiary/aromatic N) is 6. The monoisotopic (exact) mass is 970 g/mol. The molecule has 76 heavy (non-hydrogen) atoms. The highest BCUT2D eigenvalue weighted by atomic mass is 15.0. The van der Waals surface area contributed by atoms with E-state index in [2.05, 4.69) is 245 Å². The van der Waals surface area contributed by atoms with Crippen molar-refractivity contribution in [3.8, 4) is 73.5 Å². The molecule has 0 bridgehead atoms. The summed E-state index contributed by atoms with van der Waals surface area (Å²) in [5.41, 5.74) is 18.0. The molecule has 0 saturated heterocycles. The van der Waals surface area contributed by atoms with Gasteiger partial charge >= 0.3 is 0 Å². The van der Waals surface area contributed by atoms with Gasteiger partial charge in [0.1, 0.15) is 0 Å². The number of para-hydroxylation sites is 7. The van der Waals surface area contributed by atoms with Gasteiger partial charge in [0.25, 0.3) is 0 Å². The largest absolute Gasteiger partial charge is 0.309 e. The molecular weight excluding hydrogens is 925 g/mol. The maximum Gasteiger partial charge on any atom is 0.164 e. The Morgan fingerprint density at radius 1 is 0.250 bits per heavy atom. The van der Waals surface area contributed by atoms with Crippen LogP contribution in [0.4, 0.5) is 0 Å². The first-order valence-electron chi connectivity index (χ1n) is 25.9. The smallest absolute Gasteiger partial charge is 0.164 e. The number of fused-ring (bicyclic) bond motifs is 9. The standard InChI is InChI=1S/C70H46N6/c1-45-40-41-66-56(42-45)53-30-12-21-39-65(53)76(66)67-57(54-31-13-19-37-63(54)74-59-33-15-8-26-49(59)50-27-9-16-34-60(50)74)43-48(70-72-68(46-22-4-2-5-23-46)71-69(73-70)47-24-6-3-7-25-47)44-58(67)55-32-14-20-38-64(55)75-61-35-17-10-28-51(61)52-29-11-18-36-62(52)75/h2-44H,1H3. The van der Waals surface area contributed by atoms with Crippen LogP contribution in [-0.4, -0.2) is 28.7 Å². The van der Waals surface area contributed by atoms with E-state index in [0.717, 1.165) is 89.1 Å². The van der Waals surface area contributed by atoms with Gasteiger partial charge in [-0.3, -0.25) is 0 Å². The van der Waals surface area contributed by atoms with E-state index in [0.29, 0.717) is 17.5 Å². The van der Waals surface area contributed by atoms with Crippen molar-refractivity contribution in [2.75, 3.05) is 0 Å². The van der Waals surface area contributed by atoms with Crippen LogP contribution in [0.1, 0.15) is 5.56 Å². The first kappa shape index (κ1) is 43.4. The molecule has 0 N–H and O–H groups in total. The predicted octanol–water partition coefficient (Wildman–Crippen LogP) is 17.8. The Hall–Kier alpha value is -10.2. The molecule has 0 radical (unpaired) electrons. The quantitative estimate of drug-likeness (QED) is 0.152. The highest BCUT2D eigenvalue weighted by Crippen LogP contribution is 2.48. The highest BCUT2D eigenvalue weighted by Gasteiger charge is 2.27. The van der Waals surface area contributed by atoms with Crippen LogP contribution in [0, 0.1) is 6.92 Å². The zero-order valence-corrected chi connectivity index (χ0v) is 41.5. The zero-order chi connectivity index (χ0) is 50.3. The number of benzene rings is 11. The summed E-state index contributed by atoms with van der Waals surface area (Å²) in [4.78, 5) is 16.1. The Morgan fingerprint density at radius 3 is 1.01 bits per heavy atom. The average Bonchev–Trinajstić information content (AvgIpc) is 4.15. The van der Waals surface area contributed by atoms with E-state index < -0.39 is 0 Å².